The van der Waals surface area contributed by atoms with Crippen molar-refractivity contribution in [3.05, 3.63) is 65.2 Å². The lowest BCUT2D eigenvalue weighted by Gasteiger charge is -2.13. The second kappa shape index (κ2) is 10.5. The molecular weight excluding hydrogens is 326 g/mol. The largest absolute Gasteiger partial charge is 0.497 e. The van der Waals surface area contributed by atoms with Crippen molar-refractivity contribution in [1.82, 2.24) is 10.6 Å². The van der Waals surface area contributed by atoms with Crippen molar-refractivity contribution < 1.29 is 9.84 Å². The Hall–Kier alpha value is -2.53. The molecule has 2 aromatic rings. The fourth-order valence-electron chi connectivity index (χ4n) is 2.53. The van der Waals surface area contributed by atoms with Crippen LogP contribution in [0.2, 0.25) is 0 Å². The molecule has 1 atom stereocenters. The number of hydrogen-bond donors (Lipinski definition) is 3. The molecule has 0 amide bonds. The number of rotatable bonds is 8. The first kappa shape index (κ1) is 19.8. The number of aliphatic hydroxyl groups is 1. The molecule has 3 N–H and O–H groups in total. The Morgan fingerprint density at radius 1 is 1.08 bits per heavy atom. The van der Waals surface area contributed by atoms with Crippen LogP contribution in [0.15, 0.2) is 53.5 Å². The van der Waals surface area contributed by atoms with E-state index in [2.05, 4.69) is 27.8 Å². The van der Waals surface area contributed by atoms with E-state index in [0.29, 0.717) is 12.5 Å². The fraction of sp³-hybridized carbons (Fsp3) is 0.381. The Kier molecular flexibility index (Phi) is 7.96. The molecular formula is C21H29N3O2. The first-order valence-electron chi connectivity index (χ1n) is 9.02. The maximum Gasteiger partial charge on any atom is 0.191 e. The van der Waals surface area contributed by atoms with Crippen LogP contribution in [-0.4, -0.2) is 37.8 Å². The van der Waals surface area contributed by atoms with Crippen LogP contribution in [0, 0.1) is 6.92 Å². The molecule has 0 fully saturated rings. The topological polar surface area (TPSA) is 65.9 Å². The molecule has 0 bridgehead atoms. The normalized spacial score (nSPS) is 12.5. The summed E-state index contributed by atoms with van der Waals surface area (Å²) in [5.74, 6) is 1.58. The molecule has 2 rings (SSSR count). The molecule has 5 nitrogen and oxygen atoms in total. The average Bonchev–Trinajstić information content (AvgIpc) is 2.67. The van der Waals surface area contributed by atoms with Crippen LogP contribution in [0.1, 0.15) is 29.7 Å². The number of nitrogens with zero attached hydrogens (tertiary/aromatic N) is 1. The van der Waals surface area contributed by atoms with Gasteiger partial charge in [-0.25, -0.2) is 0 Å². The highest BCUT2D eigenvalue weighted by Gasteiger charge is 2.07. The predicted octanol–water partition coefficient (Wildman–Crippen LogP) is 2.83. The van der Waals surface area contributed by atoms with E-state index in [1.54, 1.807) is 7.11 Å². The van der Waals surface area contributed by atoms with Gasteiger partial charge in [0.15, 0.2) is 5.96 Å². The second-order valence-corrected chi connectivity index (χ2v) is 6.17. The van der Waals surface area contributed by atoms with Crippen LogP contribution in [-0.2, 0) is 6.42 Å². The SMILES string of the molecule is CCNC(=NCC(O)c1ccc(C)cc1)NCCc1ccc(OC)cc1. The van der Waals surface area contributed by atoms with Crippen LogP contribution in [0.25, 0.3) is 0 Å². The molecule has 1 unspecified atom stereocenters. The van der Waals surface area contributed by atoms with E-state index in [9.17, 15) is 5.11 Å². The van der Waals surface area contributed by atoms with Gasteiger partial charge in [-0.2, -0.15) is 0 Å². The van der Waals surface area contributed by atoms with Gasteiger partial charge >= 0.3 is 0 Å². The zero-order valence-electron chi connectivity index (χ0n) is 15.8. The Balaban J connectivity index is 1.85. The van der Waals surface area contributed by atoms with Crippen molar-refractivity contribution >= 4 is 5.96 Å². The number of hydrogen-bond acceptors (Lipinski definition) is 3. The Labute approximate surface area is 156 Å². The third-order valence-electron chi connectivity index (χ3n) is 4.09. The van der Waals surface area contributed by atoms with E-state index in [4.69, 9.17) is 4.74 Å². The predicted molar refractivity (Wildman–Crippen MR) is 107 cm³/mol. The fourth-order valence-corrected chi connectivity index (χ4v) is 2.53. The van der Waals surface area contributed by atoms with Crippen LogP contribution in [0.4, 0.5) is 0 Å². The summed E-state index contributed by atoms with van der Waals surface area (Å²) in [6.07, 6.45) is 0.280. The monoisotopic (exact) mass is 355 g/mol. The summed E-state index contributed by atoms with van der Waals surface area (Å²) >= 11 is 0. The minimum Gasteiger partial charge on any atom is -0.497 e. The van der Waals surface area contributed by atoms with Gasteiger partial charge in [0.2, 0.25) is 0 Å². The first-order chi connectivity index (χ1) is 12.6. The molecule has 0 heterocycles. The van der Waals surface area contributed by atoms with Crippen molar-refractivity contribution in [3.8, 4) is 5.75 Å². The molecule has 0 aliphatic rings. The Morgan fingerprint density at radius 2 is 1.77 bits per heavy atom. The van der Waals surface area contributed by atoms with Crippen LogP contribution in [0.5, 0.6) is 5.75 Å². The van der Waals surface area contributed by atoms with Crippen LogP contribution in [0.3, 0.4) is 0 Å². The van der Waals surface area contributed by atoms with E-state index in [0.717, 1.165) is 30.8 Å². The highest BCUT2D eigenvalue weighted by Crippen LogP contribution is 2.14. The summed E-state index contributed by atoms with van der Waals surface area (Å²) in [5, 5.41) is 16.8. The van der Waals surface area contributed by atoms with E-state index in [-0.39, 0.29) is 0 Å². The highest BCUT2D eigenvalue weighted by atomic mass is 16.5. The van der Waals surface area contributed by atoms with Crippen molar-refractivity contribution in [2.45, 2.75) is 26.4 Å². The zero-order chi connectivity index (χ0) is 18.8. The molecule has 5 heteroatoms. The van der Waals surface area contributed by atoms with Crippen LogP contribution < -0.4 is 15.4 Å². The molecule has 0 radical (unpaired) electrons. The number of guanidine groups is 1. The lowest BCUT2D eigenvalue weighted by atomic mass is 10.1. The van der Waals surface area contributed by atoms with Crippen molar-refractivity contribution in [2.24, 2.45) is 4.99 Å². The van der Waals surface area contributed by atoms with Gasteiger partial charge in [-0.1, -0.05) is 42.0 Å². The van der Waals surface area contributed by atoms with E-state index < -0.39 is 6.10 Å². The Bertz CT molecular complexity index is 681. The average molecular weight is 355 g/mol. The number of ether oxygens (including phenoxy) is 1. The number of benzene rings is 2. The van der Waals surface area contributed by atoms with E-state index in [1.807, 2.05) is 50.2 Å². The van der Waals surface area contributed by atoms with Gasteiger partial charge in [0.25, 0.3) is 0 Å². The first-order valence-corrected chi connectivity index (χ1v) is 9.02. The van der Waals surface area contributed by atoms with Gasteiger partial charge in [-0.15, -0.1) is 0 Å². The number of nitrogens with one attached hydrogen (secondary N) is 2. The lowest BCUT2D eigenvalue weighted by molar-refractivity contribution is 0.187. The molecule has 26 heavy (non-hydrogen) atoms. The minimum atomic E-state index is -0.604. The van der Waals surface area contributed by atoms with Gasteiger partial charge in [-0.3, -0.25) is 4.99 Å². The molecule has 2 aromatic carbocycles. The summed E-state index contributed by atoms with van der Waals surface area (Å²) in [4.78, 5) is 4.50. The van der Waals surface area contributed by atoms with Crippen molar-refractivity contribution in [3.63, 3.8) is 0 Å². The maximum absolute atomic E-state index is 10.3. The standard InChI is InChI=1S/C21H29N3O2/c1-4-22-21(23-14-13-17-7-11-19(26-3)12-8-17)24-15-20(25)18-9-5-16(2)6-10-18/h5-12,20,25H,4,13-15H2,1-3H3,(H2,22,23,24). The quantitative estimate of drug-likeness (QED) is 0.503. The second-order valence-electron chi connectivity index (χ2n) is 6.17. The van der Waals surface area contributed by atoms with Crippen molar-refractivity contribution in [2.75, 3.05) is 26.7 Å². The third kappa shape index (κ3) is 6.41. The van der Waals surface area contributed by atoms with Gasteiger partial charge in [0.1, 0.15) is 5.75 Å². The maximum atomic E-state index is 10.3. The van der Waals surface area contributed by atoms with Gasteiger partial charge < -0.3 is 20.5 Å². The number of aliphatic hydroxyl groups excluding tert-OH is 1. The highest BCUT2D eigenvalue weighted by molar-refractivity contribution is 5.79. The number of aryl methyl sites for hydroxylation is 1. The summed E-state index contributed by atoms with van der Waals surface area (Å²) in [7, 11) is 1.67. The van der Waals surface area contributed by atoms with E-state index >= 15 is 0 Å². The summed E-state index contributed by atoms with van der Waals surface area (Å²) in [6.45, 7) is 5.91. The van der Waals surface area contributed by atoms with Crippen LogP contribution >= 0.6 is 0 Å². The third-order valence-corrected chi connectivity index (χ3v) is 4.09. The van der Waals surface area contributed by atoms with E-state index in [1.165, 1.54) is 11.1 Å². The molecule has 0 aliphatic heterocycles. The van der Waals surface area contributed by atoms with Crippen molar-refractivity contribution in [1.29, 1.82) is 0 Å². The summed E-state index contributed by atoms with van der Waals surface area (Å²) in [6, 6.07) is 15.9. The number of methoxy groups -OCH3 is 1. The lowest BCUT2D eigenvalue weighted by Crippen LogP contribution is -2.38. The smallest absolute Gasteiger partial charge is 0.191 e. The molecule has 0 saturated carbocycles. The van der Waals surface area contributed by atoms with Gasteiger partial charge in [-0.05, 0) is 43.5 Å². The Morgan fingerprint density at radius 3 is 2.38 bits per heavy atom. The number of aliphatic imine (C=N–C) groups is 1. The molecule has 140 valence electrons. The van der Waals surface area contributed by atoms with Gasteiger partial charge in [0.05, 0.1) is 19.8 Å². The minimum absolute atomic E-state index is 0.320. The zero-order valence-corrected chi connectivity index (χ0v) is 15.8. The molecule has 0 aromatic heterocycles. The molecule has 0 spiro atoms. The molecule has 0 aliphatic carbocycles. The summed E-state index contributed by atoms with van der Waals surface area (Å²) < 4.78 is 5.17. The molecule has 0 saturated heterocycles. The summed E-state index contributed by atoms with van der Waals surface area (Å²) in [5.41, 5.74) is 3.29. The van der Waals surface area contributed by atoms with Gasteiger partial charge in [0, 0.05) is 13.1 Å².